The summed E-state index contributed by atoms with van der Waals surface area (Å²) in [6.07, 6.45) is -10.4. The molecular weight excluding hydrogens is 406 g/mol. The van der Waals surface area contributed by atoms with Gasteiger partial charge in [0, 0.05) is 11.6 Å². The maximum absolute atomic E-state index is 13.3. The molecule has 0 radical (unpaired) electrons. The van der Waals surface area contributed by atoms with Crippen LogP contribution in [0.3, 0.4) is 0 Å². The van der Waals surface area contributed by atoms with Gasteiger partial charge in [0.1, 0.15) is 17.0 Å². The van der Waals surface area contributed by atoms with E-state index in [4.69, 9.17) is 14.2 Å². The van der Waals surface area contributed by atoms with Gasteiger partial charge < -0.3 is 19.2 Å². The predicted octanol–water partition coefficient (Wildman–Crippen LogP) is 5.44. The maximum Gasteiger partial charge on any atom is 0.449 e. The lowest BCUT2D eigenvalue weighted by atomic mass is 10.1. The Morgan fingerprint density at radius 1 is 0.897 bits per heavy atom. The molecule has 1 aliphatic heterocycles. The van der Waals surface area contributed by atoms with Crippen molar-refractivity contribution in [2.75, 3.05) is 13.2 Å². The number of benzene rings is 2. The van der Waals surface area contributed by atoms with Gasteiger partial charge in [-0.3, -0.25) is 0 Å². The average molecular weight is 418 g/mol. The Bertz CT molecular complexity index is 1020. The lowest BCUT2D eigenvalue weighted by molar-refractivity contribution is -0.144. The minimum absolute atomic E-state index is 0.190. The largest absolute Gasteiger partial charge is 0.457 e. The molecule has 3 aromatic rings. The van der Waals surface area contributed by atoms with Crippen LogP contribution in [0.1, 0.15) is 23.2 Å². The average Bonchev–Trinajstić information content (AvgIpc) is 3.30. The zero-order valence-electron chi connectivity index (χ0n) is 14.4. The fourth-order valence-corrected chi connectivity index (χ4v) is 2.88. The number of alkyl halides is 6. The maximum atomic E-state index is 13.3. The van der Waals surface area contributed by atoms with Crippen molar-refractivity contribution < 1.29 is 40.6 Å². The molecule has 2 heterocycles. The molecule has 1 fully saturated rings. The van der Waals surface area contributed by atoms with Crippen LogP contribution in [-0.2, 0) is 21.8 Å². The van der Waals surface area contributed by atoms with Crippen molar-refractivity contribution in [2.45, 2.75) is 18.6 Å². The number of imidazole rings is 1. The first-order valence-corrected chi connectivity index (χ1v) is 8.30. The van der Waals surface area contributed by atoms with Gasteiger partial charge in [-0.1, -0.05) is 12.1 Å². The molecule has 0 unspecified atom stereocenters. The molecule has 1 aliphatic rings. The van der Waals surface area contributed by atoms with Crippen molar-refractivity contribution in [1.82, 2.24) is 9.97 Å². The van der Waals surface area contributed by atoms with Gasteiger partial charge in [-0.2, -0.15) is 26.3 Å². The molecule has 4 rings (SSSR count). The molecule has 0 aliphatic carbocycles. The topological polar surface area (TPSA) is 56.4 Å². The van der Waals surface area contributed by atoms with Crippen molar-refractivity contribution in [3.8, 4) is 11.5 Å². The Labute approximate surface area is 159 Å². The predicted molar refractivity (Wildman–Crippen MR) is 87.3 cm³/mol. The van der Waals surface area contributed by atoms with Gasteiger partial charge in [0.25, 0.3) is 0 Å². The summed E-state index contributed by atoms with van der Waals surface area (Å²) in [5.41, 5.74) is -1.90. The van der Waals surface area contributed by atoms with Crippen LogP contribution in [0, 0.1) is 0 Å². The van der Waals surface area contributed by atoms with E-state index in [1.807, 2.05) is 4.98 Å². The second kappa shape index (κ2) is 6.92. The zero-order chi connectivity index (χ0) is 20.8. The summed E-state index contributed by atoms with van der Waals surface area (Å²) < 4.78 is 94.7. The second-order valence-corrected chi connectivity index (χ2v) is 6.19. The number of aromatic amines is 1. The number of hydrogen-bond donors (Lipinski definition) is 1. The third-order valence-corrected chi connectivity index (χ3v) is 4.14. The third kappa shape index (κ3) is 4.01. The van der Waals surface area contributed by atoms with Crippen molar-refractivity contribution in [2.24, 2.45) is 0 Å². The van der Waals surface area contributed by atoms with Crippen molar-refractivity contribution in [3.05, 3.63) is 53.3 Å². The van der Waals surface area contributed by atoms with Gasteiger partial charge in [-0.25, -0.2) is 4.98 Å². The van der Waals surface area contributed by atoms with Gasteiger partial charge in [-0.15, -0.1) is 0 Å². The van der Waals surface area contributed by atoms with Gasteiger partial charge in [0.2, 0.25) is 5.82 Å². The van der Waals surface area contributed by atoms with Gasteiger partial charge in [0.05, 0.1) is 24.3 Å². The highest BCUT2D eigenvalue weighted by Crippen LogP contribution is 2.39. The highest BCUT2D eigenvalue weighted by Gasteiger charge is 2.39. The molecule has 11 heteroatoms. The molecule has 154 valence electrons. The molecule has 0 bridgehead atoms. The lowest BCUT2D eigenvalue weighted by Crippen LogP contribution is -2.08. The minimum Gasteiger partial charge on any atom is -0.457 e. The van der Waals surface area contributed by atoms with E-state index < -0.39 is 41.1 Å². The number of fused-ring (bicyclic) bond motifs is 1. The van der Waals surface area contributed by atoms with Gasteiger partial charge in [0.15, 0.2) is 6.29 Å². The number of aromatic nitrogens is 2. The third-order valence-electron chi connectivity index (χ3n) is 4.14. The summed E-state index contributed by atoms with van der Waals surface area (Å²) in [6.45, 7) is 0.903. The van der Waals surface area contributed by atoms with Crippen molar-refractivity contribution >= 4 is 11.0 Å². The fraction of sp³-hybridized carbons (Fsp3) is 0.278. The first-order valence-electron chi connectivity index (χ1n) is 8.30. The molecule has 1 saturated heterocycles. The number of halogens is 6. The Morgan fingerprint density at radius 2 is 1.55 bits per heavy atom. The summed E-state index contributed by atoms with van der Waals surface area (Å²) in [5.74, 6) is -1.62. The molecule has 1 N–H and O–H groups in total. The summed E-state index contributed by atoms with van der Waals surface area (Å²) in [5, 5.41) is 0. The van der Waals surface area contributed by atoms with Crippen LogP contribution in [0.15, 0.2) is 36.4 Å². The normalized spacial score (nSPS) is 15.9. The molecule has 0 spiro atoms. The quantitative estimate of drug-likeness (QED) is 0.576. The molecule has 0 saturated carbocycles. The summed E-state index contributed by atoms with van der Waals surface area (Å²) in [6, 6.07) is 7.86. The second-order valence-electron chi connectivity index (χ2n) is 6.19. The van der Waals surface area contributed by atoms with E-state index in [1.165, 1.54) is 12.1 Å². The van der Waals surface area contributed by atoms with E-state index in [0.29, 0.717) is 24.8 Å². The summed E-state index contributed by atoms with van der Waals surface area (Å²) in [4.78, 5) is 4.94. The number of nitrogens with zero attached hydrogens (tertiary/aromatic N) is 1. The molecule has 0 amide bonds. The minimum atomic E-state index is -4.92. The van der Waals surface area contributed by atoms with Gasteiger partial charge in [-0.05, 0) is 18.2 Å². The summed E-state index contributed by atoms with van der Waals surface area (Å²) in [7, 11) is 0. The molecule has 29 heavy (non-hydrogen) atoms. The molecule has 2 aromatic carbocycles. The van der Waals surface area contributed by atoms with Crippen LogP contribution in [-0.4, -0.2) is 23.2 Å². The van der Waals surface area contributed by atoms with E-state index in [1.54, 1.807) is 12.1 Å². The van der Waals surface area contributed by atoms with E-state index >= 15 is 0 Å². The Hall–Kier alpha value is -2.79. The van der Waals surface area contributed by atoms with Crippen molar-refractivity contribution in [1.29, 1.82) is 0 Å². The Morgan fingerprint density at radius 3 is 2.14 bits per heavy atom. The zero-order valence-corrected chi connectivity index (χ0v) is 14.4. The van der Waals surface area contributed by atoms with E-state index in [2.05, 4.69) is 4.98 Å². The van der Waals surface area contributed by atoms with E-state index in [0.717, 1.165) is 6.07 Å². The number of H-pyrrole nitrogens is 1. The van der Waals surface area contributed by atoms with Crippen LogP contribution in [0.25, 0.3) is 11.0 Å². The first-order chi connectivity index (χ1) is 13.6. The molecule has 1 aromatic heterocycles. The molecule has 0 atom stereocenters. The van der Waals surface area contributed by atoms with Crippen LogP contribution in [0.4, 0.5) is 26.3 Å². The van der Waals surface area contributed by atoms with Crippen LogP contribution in [0.2, 0.25) is 0 Å². The van der Waals surface area contributed by atoms with Crippen molar-refractivity contribution in [3.63, 3.8) is 0 Å². The Balaban J connectivity index is 1.68. The van der Waals surface area contributed by atoms with Crippen LogP contribution >= 0.6 is 0 Å². The highest BCUT2D eigenvalue weighted by atomic mass is 19.4. The van der Waals surface area contributed by atoms with E-state index in [9.17, 15) is 26.3 Å². The lowest BCUT2D eigenvalue weighted by Gasteiger charge is -2.12. The number of nitrogens with one attached hydrogen (secondary N) is 1. The van der Waals surface area contributed by atoms with E-state index in [-0.39, 0.29) is 11.5 Å². The fourth-order valence-electron chi connectivity index (χ4n) is 2.88. The standard InChI is InChI=1S/C18H12F6N2O3/c19-17(20,21)12-7-11(8-13-14(12)26-16(25-13)18(22,23)24)29-10-3-1-9(2-4-10)15-27-5-6-28-15/h1-4,7-8,15H,5-6H2,(H,25,26). The smallest absolute Gasteiger partial charge is 0.449 e. The number of rotatable bonds is 3. The molecule has 5 nitrogen and oxygen atoms in total. The number of hydrogen-bond acceptors (Lipinski definition) is 4. The first kappa shape index (κ1) is 19.5. The SMILES string of the molecule is FC(F)(F)c1nc2c(C(F)(F)F)cc(Oc3ccc(C4OCCO4)cc3)cc2[nH]1. The molecular formula is C18H12F6N2O3. The highest BCUT2D eigenvalue weighted by molar-refractivity contribution is 5.81. The van der Waals surface area contributed by atoms with Crippen LogP contribution in [0.5, 0.6) is 11.5 Å². The van der Waals surface area contributed by atoms with Gasteiger partial charge >= 0.3 is 12.4 Å². The van der Waals surface area contributed by atoms with Crippen LogP contribution < -0.4 is 4.74 Å². The monoisotopic (exact) mass is 418 g/mol. The number of ether oxygens (including phenoxy) is 3. The summed E-state index contributed by atoms with van der Waals surface area (Å²) >= 11 is 0. The Kier molecular flexibility index (Phi) is 4.66.